The maximum Gasteiger partial charge on any atom is 0.317 e. The van der Waals surface area contributed by atoms with Crippen molar-refractivity contribution in [3.05, 3.63) is 0 Å². The summed E-state index contributed by atoms with van der Waals surface area (Å²) < 4.78 is 0. The minimum Gasteiger partial charge on any atom is -0.480 e. The van der Waals surface area contributed by atoms with Crippen molar-refractivity contribution in [1.29, 1.82) is 0 Å². The molecule has 0 radical (unpaired) electrons. The topological polar surface area (TPSA) is 69.6 Å². The van der Waals surface area contributed by atoms with Crippen molar-refractivity contribution < 1.29 is 14.7 Å². The highest BCUT2D eigenvalue weighted by Crippen LogP contribution is 2.23. The van der Waals surface area contributed by atoms with Gasteiger partial charge in [0.15, 0.2) is 0 Å². The highest BCUT2D eigenvalue weighted by Gasteiger charge is 2.30. The summed E-state index contributed by atoms with van der Waals surface area (Å²) >= 11 is 0. The Bertz CT molecular complexity index is 310. The maximum absolute atomic E-state index is 12.2. The molecule has 0 bridgehead atoms. The summed E-state index contributed by atoms with van der Waals surface area (Å²) in [7, 11) is 0. The lowest BCUT2D eigenvalue weighted by atomic mass is 9.91. The molecule has 1 aliphatic heterocycles. The lowest BCUT2D eigenvalue weighted by Crippen LogP contribution is -2.47. The number of carbonyl (C=O) groups excluding carboxylic acids is 1. The summed E-state index contributed by atoms with van der Waals surface area (Å²) in [6, 6.07) is 0. The molecule has 0 aromatic rings. The van der Waals surface area contributed by atoms with Gasteiger partial charge in [0.05, 0.1) is 6.54 Å². The first-order valence-corrected chi connectivity index (χ1v) is 6.52. The lowest BCUT2D eigenvalue weighted by Gasteiger charge is -2.36. The summed E-state index contributed by atoms with van der Waals surface area (Å²) in [5.41, 5.74) is -0.337. The predicted molar refractivity (Wildman–Crippen MR) is 69.3 cm³/mol. The highest BCUT2D eigenvalue weighted by atomic mass is 16.4. The van der Waals surface area contributed by atoms with Crippen LogP contribution < -0.4 is 5.32 Å². The van der Waals surface area contributed by atoms with E-state index in [2.05, 4.69) is 5.32 Å². The van der Waals surface area contributed by atoms with Crippen LogP contribution in [-0.4, -0.2) is 48.1 Å². The summed E-state index contributed by atoms with van der Waals surface area (Å²) in [5, 5.41) is 11.5. The predicted octanol–water partition coefficient (Wildman–Crippen LogP) is 0.945. The van der Waals surface area contributed by atoms with Gasteiger partial charge in [-0.25, -0.2) is 0 Å². The number of carboxylic acids is 1. The fourth-order valence-electron chi connectivity index (χ4n) is 2.27. The molecule has 1 heterocycles. The number of piperidine rings is 1. The molecule has 1 atom stereocenters. The zero-order valence-corrected chi connectivity index (χ0v) is 11.5. The molecule has 1 amide bonds. The number of hydrogen-bond donors (Lipinski definition) is 2. The van der Waals surface area contributed by atoms with Gasteiger partial charge in [0.2, 0.25) is 5.91 Å². The van der Waals surface area contributed by atoms with Crippen molar-refractivity contribution in [3.8, 4) is 0 Å². The van der Waals surface area contributed by atoms with Crippen molar-refractivity contribution in [2.75, 3.05) is 26.2 Å². The minimum absolute atomic E-state index is 0.0102. The largest absolute Gasteiger partial charge is 0.480 e. The van der Waals surface area contributed by atoms with E-state index in [9.17, 15) is 9.59 Å². The third-order valence-corrected chi connectivity index (χ3v) is 3.16. The summed E-state index contributed by atoms with van der Waals surface area (Å²) in [5.74, 6) is -0.289. The van der Waals surface area contributed by atoms with Gasteiger partial charge in [-0.3, -0.25) is 9.59 Å². The monoisotopic (exact) mass is 256 g/mol. The number of carboxylic acid groups (broad SMARTS) is 1. The average Bonchev–Trinajstić information content (AvgIpc) is 2.26. The molecule has 1 aliphatic rings. The Kier molecular flexibility index (Phi) is 5.14. The molecule has 1 unspecified atom stereocenters. The number of hydrogen-bond acceptors (Lipinski definition) is 3. The van der Waals surface area contributed by atoms with E-state index in [0.717, 1.165) is 25.9 Å². The maximum atomic E-state index is 12.2. The van der Waals surface area contributed by atoms with Crippen molar-refractivity contribution in [2.24, 2.45) is 11.3 Å². The van der Waals surface area contributed by atoms with Crippen LogP contribution in [0.3, 0.4) is 0 Å². The first-order valence-electron chi connectivity index (χ1n) is 6.52. The normalized spacial score (nSPS) is 20.8. The van der Waals surface area contributed by atoms with Gasteiger partial charge >= 0.3 is 5.97 Å². The quantitative estimate of drug-likeness (QED) is 0.785. The van der Waals surface area contributed by atoms with Gasteiger partial charge in [-0.1, -0.05) is 20.8 Å². The second kappa shape index (κ2) is 6.18. The minimum atomic E-state index is -0.839. The van der Waals surface area contributed by atoms with Crippen LogP contribution in [-0.2, 0) is 9.59 Å². The Labute approximate surface area is 109 Å². The van der Waals surface area contributed by atoms with Crippen molar-refractivity contribution in [1.82, 2.24) is 10.2 Å². The van der Waals surface area contributed by atoms with Crippen molar-refractivity contribution in [2.45, 2.75) is 33.6 Å². The molecule has 5 heteroatoms. The van der Waals surface area contributed by atoms with Crippen LogP contribution in [0.1, 0.15) is 33.6 Å². The summed E-state index contributed by atoms with van der Waals surface area (Å²) in [6.07, 6.45) is 2.06. The molecule has 0 saturated carbocycles. The number of aliphatic carboxylic acids is 1. The Morgan fingerprint density at radius 1 is 1.39 bits per heavy atom. The first-order chi connectivity index (χ1) is 8.30. The van der Waals surface area contributed by atoms with Crippen LogP contribution in [0, 0.1) is 11.3 Å². The molecule has 1 rings (SSSR count). The van der Waals surface area contributed by atoms with Gasteiger partial charge in [0, 0.05) is 25.0 Å². The van der Waals surface area contributed by atoms with E-state index in [4.69, 9.17) is 5.11 Å². The smallest absolute Gasteiger partial charge is 0.317 e. The lowest BCUT2D eigenvalue weighted by molar-refractivity contribution is -0.141. The molecule has 0 aliphatic carbocycles. The van der Waals surface area contributed by atoms with Crippen LogP contribution in [0.4, 0.5) is 0 Å². The van der Waals surface area contributed by atoms with Crippen molar-refractivity contribution in [3.63, 3.8) is 0 Å². The second-order valence-corrected chi connectivity index (χ2v) is 6.03. The molecular formula is C13H24N2O3. The first kappa shape index (κ1) is 15.0. The molecule has 2 N–H and O–H groups in total. The number of nitrogens with zero attached hydrogens (tertiary/aromatic N) is 1. The van der Waals surface area contributed by atoms with E-state index in [0.29, 0.717) is 12.5 Å². The van der Waals surface area contributed by atoms with E-state index in [-0.39, 0.29) is 17.9 Å². The molecule has 0 spiro atoms. The molecule has 0 aromatic carbocycles. The van der Waals surface area contributed by atoms with Gasteiger partial charge < -0.3 is 15.3 Å². The van der Waals surface area contributed by atoms with Gasteiger partial charge in [-0.05, 0) is 18.8 Å². The number of rotatable bonds is 4. The van der Waals surface area contributed by atoms with Crippen molar-refractivity contribution >= 4 is 11.9 Å². The van der Waals surface area contributed by atoms with Gasteiger partial charge in [0.1, 0.15) is 0 Å². The van der Waals surface area contributed by atoms with Gasteiger partial charge in [-0.15, -0.1) is 0 Å². The number of nitrogens with one attached hydrogen (secondary N) is 1. The summed E-state index contributed by atoms with van der Waals surface area (Å²) in [4.78, 5) is 24.5. The van der Waals surface area contributed by atoms with E-state index in [1.165, 1.54) is 0 Å². The zero-order chi connectivity index (χ0) is 13.8. The number of amides is 1. The molecule has 0 aromatic heterocycles. The third kappa shape index (κ3) is 4.64. The Hall–Kier alpha value is -1.10. The fourth-order valence-corrected chi connectivity index (χ4v) is 2.27. The average molecular weight is 256 g/mol. The van der Waals surface area contributed by atoms with Gasteiger partial charge in [0.25, 0.3) is 0 Å². The molecule has 18 heavy (non-hydrogen) atoms. The molecule has 5 nitrogen and oxygen atoms in total. The standard InChI is InChI=1S/C13H24N2O3/c1-13(2,3)12(18)15-6-4-5-10(9-15)7-14-8-11(16)17/h10,14H,4-9H2,1-3H3,(H,16,17). The van der Waals surface area contributed by atoms with Crippen LogP contribution in [0.25, 0.3) is 0 Å². The molecular weight excluding hydrogens is 232 g/mol. The van der Waals surface area contributed by atoms with E-state index >= 15 is 0 Å². The van der Waals surface area contributed by atoms with Crippen LogP contribution in [0.2, 0.25) is 0 Å². The Balaban J connectivity index is 2.41. The van der Waals surface area contributed by atoms with Gasteiger partial charge in [-0.2, -0.15) is 0 Å². The highest BCUT2D eigenvalue weighted by molar-refractivity contribution is 5.81. The number of likely N-dealkylation sites (tertiary alicyclic amines) is 1. The van der Waals surface area contributed by atoms with Crippen LogP contribution in [0.5, 0.6) is 0 Å². The zero-order valence-electron chi connectivity index (χ0n) is 11.5. The third-order valence-electron chi connectivity index (χ3n) is 3.16. The SMILES string of the molecule is CC(C)(C)C(=O)N1CCCC(CNCC(=O)O)C1. The van der Waals surface area contributed by atoms with E-state index in [1.54, 1.807) is 0 Å². The van der Waals surface area contributed by atoms with Crippen LogP contribution >= 0.6 is 0 Å². The Morgan fingerprint density at radius 2 is 2.06 bits per heavy atom. The van der Waals surface area contributed by atoms with E-state index in [1.807, 2.05) is 25.7 Å². The van der Waals surface area contributed by atoms with Crippen LogP contribution in [0.15, 0.2) is 0 Å². The molecule has 104 valence electrons. The Morgan fingerprint density at radius 3 is 2.61 bits per heavy atom. The fraction of sp³-hybridized carbons (Fsp3) is 0.846. The molecule has 1 fully saturated rings. The number of carbonyl (C=O) groups is 2. The summed E-state index contributed by atoms with van der Waals surface area (Å²) in [6.45, 7) is 8.02. The second-order valence-electron chi connectivity index (χ2n) is 6.03. The molecule has 1 saturated heterocycles. The van der Waals surface area contributed by atoms with E-state index < -0.39 is 5.97 Å².